The summed E-state index contributed by atoms with van der Waals surface area (Å²) in [5, 5.41) is 177. The van der Waals surface area contributed by atoms with Gasteiger partial charge in [-0.25, -0.2) is 19.6 Å². The minimum absolute atomic E-state index is 0.00782. The number of benzene rings is 1. The van der Waals surface area contributed by atoms with Crippen LogP contribution in [0.2, 0.25) is 0 Å². The van der Waals surface area contributed by atoms with E-state index in [4.69, 9.17) is 5.73 Å². The second-order valence-electron chi connectivity index (χ2n) is 19.4. The maximum absolute atomic E-state index is 14.0. The number of aliphatic carboxylic acids is 4. The Morgan fingerprint density at radius 1 is 0.533 bits per heavy atom. The summed E-state index contributed by atoms with van der Waals surface area (Å²) >= 11 is 3.74. The summed E-state index contributed by atoms with van der Waals surface area (Å²) in [6.07, 6.45) is -26.9. The van der Waals surface area contributed by atoms with E-state index in [2.05, 4.69) is 43.2 Å². The molecular weight excluding hydrogens is 1240 g/mol. The number of nitrogens with zero attached hydrogens (tertiary/aromatic N) is 3. The minimum atomic E-state index is -2.93. The van der Waals surface area contributed by atoms with Crippen molar-refractivity contribution in [2.45, 2.75) is 129 Å². The molecule has 7 amide bonds. The van der Waals surface area contributed by atoms with Crippen LogP contribution in [0.5, 0.6) is 0 Å². The van der Waals surface area contributed by atoms with Crippen LogP contribution in [0, 0.1) is 0 Å². The van der Waals surface area contributed by atoms with Crippen LogP contribution in [0.25, 0.3) is 11.2 Å². The highest BCUT2D eigenvalue weighted by molar-refractivity contribution is 7.80. The van der Waals surface area contributed by atoms with Crippen LogP contribution in [-0.4, -0.2) is 290 Å². The molecule has 2 aromatic heterocycles. The highest BCUT2D eigenvalue weighted by atomic mass is 32.1. The fourth-order valence-corrected chi connectivity index (χ4v) is 8.02. The van der Waals surface area contributed by atoms with Crippen LogP contribution in [0.1, 0.15) is 41.7 Å². The number of amides is 7. The van der Waals surface area contributed by atoms with Crippen molar-refractivity contribution in [2.24, 2.45) is 0 Å². The monoisotopic (exact) mass is 1310 g/mol. The Hall–Kier alpha value is -8.92. The number of rotatable bonds is 38. The molecule has 0 fully saturated rings. The molecule has 3 rings (SSSR count). The van der Waals surface area contributed by atoms with Gasteiger partial charge in [-0.05, 0) is 30.7 Å². The van der Waals surface area contributed by atoms with Crippen LogP contribution in [0.15, 0.2) is 35.3 Å². The second-order valence-corrected chi connectivity index (χ2v) is 19.8. The number of carboxylic acids is 4. The van der Waals surface area contributed by atoms with E-state index in [9.17, 15) is 139 Å². The standard InChI is InChI=1S/C48H67N13O28S/c49-48-60-38-31(45(85)61-48)52-17(10-51-38)9-50-16-3-1-15(2-4-16)39(79)53-18(46(86)87)5-6-25(68)57-28(35(76)32(73)22(65)11-62)42(82)54-19(7-26(69)70)40(80)58-29(36(77)33(74)23(66)12-63)43(83)55-20(8-27(71)72)41(81)59-30(37(78)34(75)24(67)13-64)44(84)56-21(14-90)47(88)89/h1-4,10,18-24,28-30,32-37,50,62-67,73-78,90H,5-9,11-14H2,(H,53,79)(H,54,82)(H,55,83)(H,56,84)(H,57,68)(H,58,80)(H,59,81)(H,69,70)(H,71,72)(H,86,87)(H,88,89)(H3,49,51,60,61,85)/t18-,19-,20-,21+,22+,23+,24+,28-,29-,30-,32?,33+,34+,35+,36+,37+/m0/s1. The fraction of sp³-hybridized carbons (Fsp3) is 0.521. The van der Waals surface area contributed by atoms with E-state index in [1.54, 1.807) is 26.6 Å². The molecule has 0 bridgehead atoms. The Bertz CT molecular complexity index is 3090. The van der Waals surface area contributed by atoms with Crippen molar-refractivity contribution in [3.8, 4) is 0 Å². The van der Waals surface area contributed by atoms with Gasteiger partial charge in [-0.2, -0.15) is 17.6 Å². The number of thiol groups is 1. The minimum Gasteiger partial charge on any atom is -0.481 e. The van der Waals surface area contributed by atoms with Crippen LogP contribution < -0.4 is 53.8 Å². The molecule has 27 N–H and O–H groups in total. The SMILES string of the molecule is Nc1nc2ncc(CNc3ccc(C(=O)N[C@@H](CCC(=O)N[C@H](C(=O)N[C@@H](CC(=O)O)C(=O)N[C@H](C(=O)N[C@@H](CC(=O)O)C(=O)N[C@H](C(=O)N[C@H](CS)C(=O)O)[C@@H](O)[C@H](O)[C@H](O)CO)[C@@H](O)[C@H](O)[C@H](O)CO)[C@@H](O)C(O)[C@H](O)CO)C(=O)O)cc3)nc2c(=O)[nH]1. The summed E-state index contributed by atoms with van der Waals surface area (Å²) in [5.74, 6) is -20.1. The molecule has 42 heteroatoms. The molecule has 0 spiro atoms. The van der Waals surface area contributed by atoms with Gasteiger partial charge >= 0.3 is 23.9 Å². The molecule has 0 aliphatic heterocycles. The number of hydrogen-bond donors (Lipinski definition) is 27. The molecule has 1 unspecified atom stereocenters. The number of nitrogens with two attached hydrogens (primary N) is 1. The summed E-state index contributed by atoms with van der Waals surface area (Å²) in [6.45, 7) is -4.04. The third-order valence-corrected chi connectivity index (χ3v) is 13.1. The quantitative estimate of drug-likeness (QED) is 0.0237. The van der Waals surface area contributed by atoms with E-state index in [0.717, 1.165) is 0 Å². The lowest BCUT2D eigenvalue weighted by Gasteiger charge is -2.33. The Labute approximate surface area is 509 Å². The Kier molecular flexibility index (Phi) is 29.6. The maximum Gasteiger partial charge on any atom is 0.327 e. The summed E-state index contributed by atoms with van der Waals surface area (Å²) in [4.78, 5) is 170. The van der Waals surface area contributed by atoms with Crippen LogP contribution in [-0.2, 0) is 54.5 Å². The Balaban J connectivity index is 1.91. The van der Waals surface area contributed by atoms with Crippen molar-refractivity contribution < 1.29 is 134 Å². The smallest absolute Gasteiger partial charge is 0.327 e. The van der Waals surface area contributed by atoms with Gasteiger partial charge in [0, 0.05) is 23.4 Å². The number of aromatic amines is 1. The zero-order valence-corrected chi connectivity index (χ0v) is 47.3. The summed E-state index contributed by atoms with van der Waals surface area (Å²) < 4.78 is 0. The summed E-state index contributed by atoms with van der Waals surface area (Å²) in [6, 6.07) is -11.9. The van der Waals surface area contributed by atoms with Gasteiger partial charge in [0.15, 0.2) is 11.2 Å². The number of aliphatic hydroxyl groups excluding tert-OH is 12. The van der Waals surface area contributed by atoms with Crippen molar-refractivity contribution >= 4 is 101 Å². The molecule has 0 aliphatic rings. The Morgan fingerprint density at radius 3 is 1.36 bits per heavy atom. The topological polar surface area (TPSA) is 705 Å². The van der Waals surface area contributed by atoms with Gasteiger partial charge in [0.1, 0.15) is 97.2 Å². The zero-order valence-electron chi connectivity index (χ0n) is 46.4. The molecule has 3 aromatic rings. The van der Waals surface area contributed by atoms with Gasteiger partial charge in [0.05, 0.1) is 51.1 Å². The van der Waals surface area contributed by atoms with Crippen molar-refractivity contribution in [2.75, 3.05) is 36.6 Å². The number of carbonyl (C=O) groups is 11. The lowest BCUT2D eigenvalue weighted by Crippen LogP contribution is -2.66. The molecule has 90 heavy (non-hydrogen) atoms. The van der Waals surface area contributed by atoms with Crippen molar-refractivity contribution in [1.82, 2.24) is 57.2 Å². The first kappa shape index (κ1) is 75.3. The van der Waals surface area contributed by atoms with Gasteiger partial charge in [-0.3, -0.25) is 52.9 Å². The predicted molar refractivity (Wildman–Crippen MR) is 297 cm³/mol. The van der Waals surface area contributed by atoms with Gasteiger partial charge in [-0.1, -0.05) is 0 Å². The molecule has 0 aliphatic carbocycles. The molecule has 16 atom stereocenters. The fourth-order valence-electron chi connectivity index (χ4n) is 7.77. The third kappa shape index (κ3) is 22.0. The Morgan fingerprint density at radius 2 is 0.956 bits per heavy atom. The van der Waals surface area contributed by atoms with Crippen LogP contribution in [0.3, 0.4) is 0 Å². The van der Waals surface area contributed by atoms with Crippen LogP contribution >= 0.6 is 12.6 Å². The molecule has 0 saturated heterocycles. The van der Waals surface area contributed by atoms with E-state index in [1.807, 2.05) is 5.32 Å². The first-order valence-electron chi connectivity index (χ1n) is 26.1. The van der Waals surface area contributed by atoms with Crippen molar-refractivity contribution in [1.29, 1.82) is 0 Å². The van der Waals surface area contributed by atoms with E-state index in [-0.39, 0.29) is 29.2 Å². The number of hydrogen-bond acceptors (Lipinski definition) is 30. The molecule has 41 nitrogen and oxygen atoms in total. The average Bonchev–Trinajstić information content (AvgIpc) is 1.05. The molecule has 0 saturated carbocycles. The molecule has 2 heterocycles. The highest BCUT2D eigenvalue weighted by Crippen LogP contribution is 2.16. The zero-order chi connectivity index (χ0) is 68.0. The molecule has 1 aromatic carbocycles. The van der Waals surface area contributed by atoms with Gasteiger partial charge in [-0.15, -0.1) is 0 Å². The third-order valence-electron chi connectivity index (χ3n) is 12.8. The van der Waals surface area contributed by atoms with E-state index >= 15 is 0 Å². The van der Waals surface area contributed by atoms with Crippen LogP contribution in [0.4, 0.5) is 11.6 Å². The largest absolute Gasteiger partial charge is 0.481 e. The van der Waals surface area contributed by atoms with Gasteiger partial charge < -0.3 is 130 Å². The summed E-state index contributed by atoms with van der Waals surface area (Å²) in [5.41, 5.74) is 5.35. The number of nitrogens with one attached hydrogen (secondary N) is 9. The second kappa shape index (κ2) is 35.3. The first-order valence-corrected chi connectivity index (χ1v) is 26.8. The molecular formula is C48H67N13O28S. The average molecular weight is 1310 g/mol. The number of anilines is 2. The molecule has 0 radical (unpaired) electrons. The number of aliphatic hydroxyl groups is 12. The summed E-state index contributed by atoms with van der Waals surface area (Å²) in [7, 11) is 0. The van der Waals surface area contributed by atoms with Gasteiger partial charge in [0.25, 0.3) is 11.5 Å². The molecule has 498 valence electrons. The number of nitrogen functional groups attached to an aromatic ring is 1. The van der Waals surface area contributed by atoms with E-state index in [1.165, 1.54) is 30.5 Å². The van der Waals surface area contributed by atoms with Gasteiger partial charge in [0.2, 0.25) is 41.4 Å². The number of H-pyrrole nitrogens is 1. The number of carbonyl (C=O) groups excluding carboxylic acids is 7. The number of carboxylic acid groups (broad SMARTS) is 4. The normalized spacial score (nSPS) is 16.7. The lowest BCUT2D eigenvalue weighted by molar-refractivity contribution is -0.147. The predicted octanol–water partition coefficient (Wildman–Crippen LogP) is -13.0. The number of fused-ring (bicyclic) bond motifs is 1. The first-order chi connectivity index (χ1) is 42.2. The lowest BCUT2D eigenvalue weighted by atomic mass is 9.98. The van der Waals surface area contributed by atoms with E-state index in [0.29, 0.717) is 11.4 Å². The number of aromatic nitrogens is 4. The van der Waals surface area contributed by atoms with Crippen molar-refractivity contribution in [3.63, 3.8) is 0 Å². The highest BCUT2D eigenvalue weighted by Gasteiger charge is 2.44. The maximum atomic E-state index is 14.0. The van der Waals surface area contributed by atoms with Crippen molar-refractivity contribution in [3.05, 3.63) is 52.1 Å². The van der Waals surface area contributed by atoms with E-state index < -0.39 is 219 Å².